The van der Waals surface area contributed by atoms with Crippen LogP contribution < -0.4 is 10.5 Å². The molecule has 1 aliphatic heterocycles. The number of rotatable bonds is 4. The van der Waals surface area contributed by atoms with Gasteiger partial charge in [0, 0.05) is 12.8 Å². The van der Waals surface area contributed by atoms with Crippen LogP contribution in [-0.2, 0) is 9.47 Å². The second-order valence-corrected chi connectivity index (χ2v) is 4.59. The Morgan fingerprint density at radius 2 is 1.85 bits per heavy atom. The van der Waals surface area contributed by atoms with Crippen LogP contribution >= 0.6 is 0 Å². The monoisotopic (exact) mass is 285 g/mol. The molecular formula is C13H19NO6. The Hall–Kier alpha value is -1.38. The van der Waals surface area contributed by atoms with Crippen molar-refractivity contribution >= 4 is 5.69 Å². The number of benzene rings is 1. The molecule has 1 fully saturated rings. The van der Waals surface area contributed by atoms with Gasteiger partial charge in [-0.15, -0.1) is 0 Å². The molecule has 5 atom stereocenters. The molecule has 7 nitrogen and oxygen atoms in total. The second kappa shape index (κ2) is 6.38. The summed E-state index contributed by atoms with van der Waals surface area (Å²) in [5.74, 6) is 0.434. The molecule has 7 heteroatoms. The minimum Gasteiger partial charge on any atom is -0.482 e. The van der Waals surface area contributed by atoms with Gasteiger partial charge in [0.2, 0.25) is 0 Å². The standard InChI is InChI=1S/C13H19NO6/c1-18-11-9(6-15)20-13(17)12(10(11)16)19-8-4-2-7(14)3-5-8/h2-5,9-13,15-17H,6,14H2,1H3/t9-,10+,11+,12-,13-/m1/s1. The lowest BCUT2D eigenvalue weighted by molar-refractivity contribution is -0.284. The fourth-order valence-corrected chi connectivity index (χ4v) is 2.18. The maximum Gasteiger partial charge on any atom is 0.195 e. The molecule has 1 aliphatic rings. The third-order valence-electron chi connectivity index (χ3n) is 3.24. The first-order chi connectivity index (χ1) is 9.56. The number of nitrogen functional groups attached to an aromatic ring is 1. The Kier molecular flexibility index (Phi) is 4.79. The van der Waals surface area contributed by atoms with Crippen LogP contribution in [0.15, 0.2) is 24.3 Å². The maximum absolute atomic E-state index is 10.2. The molecule has 1 aromatic carbocycles. The fourth-order valence-electron chi connectivity index (χ4n) is 2.18. The first-order valence-corrected chi connectivity index (χ1v) is 6.24. The molecule has 1 saturated heterocycles. The molecule has 1 aromatic rings. The Balaban J connectivity index is 2.11. The molecule has 20 heavy (non-hydrogen) atoms. The minimum atomic E-state index is -1.37. The molecular weight excluding hydrogens is 266 g/mol. The first kappa shape index (κ1) is 15.0. The Labute approximate surface area is 116 Å². The summed E-state index contributed by atoms with van der Waals surface area (Å²) in [7, 11) is 1.39. The molecule has 0 aliphatic carbocycles. The van der Waals surface area contributed by atoms with Gasteiger partial charge in [-0.25, -0.2) is 0 Å². The lowest BCUT2D eigenvalue weighted by Gasteiger charge is -2.41. The van der Waals surface area contributed by atoms with E-state index in [4.69, 9.17) is 25.1 Å². The number of anilines is 1. The summed E-state index contributed by atoms with van der Waals surface area (Å²) in [4.78, 5) is 0. The van der Waals surface area contributed by atoms with Gasteiger partial charge in [-0.05, 0) is 24.3 Å². The quantitative estimate of drug-likeness (QED) is 0.530. The largest absolute Gasteiger partial charge is 0.482 e. The lowest BCUT2D eigenvalue weighted by atomic mass is 9.99. The average Bonchev–Trinajstić information content (AvgIpc) is 2.44. The normalized spacial score (nSPS) is 33.9. The molecule has 0 unspecified atom stereocenters. The molecule has 5 N–H and O–H groups in total. The van der Waals surface area contributed by atoms with Gasteiger partial charge in [-0.2, -0.15) is 0 Å². The first-order valence-electron chi connectivity index (χ1n) is 6.24. The van der Waals surface area contributed by atoms with Crippen LogP contribution in [0, 0.1) is 0 Å². The van der Waals surface area contributed by atoms with Gasteiger partial charge < -0.3 is 35.3 Å². The molecule has 112 valence electrons. The number of nitrogens with two attached hydrogens (primary N) is 1. The summed E-state index contributed by atoms with van der Waals surface area (Å²) in [6, 6.07) is 6.52. The second-order valence-electron chi connectivity index (χ2n) is 4.59. The van der Waals surface area contributed by atoms with Crippen LogP contribution in [0.1, 0.15) is 0 Å². The zero-order chi connectivity index (χ0) is 14.7. The van der Waals surface area contributed by atoms with Crippen LogP contribution in [0.25, 0.3) is 0 Å². The Morgan fingerprint density at radius 3 is 2.40 bits per heavy atom. The zero-order valence-electron chi connectivity index (χ0n) is 11.0. The smallest absolute Gasteiger partial charge is 0.195 e. The third-order valence-corrected chi connectivity index (χ3v) is 3.24. The van der Waals surface area contributed by atoms with E-state index in [9.17, 15) is 10.2 Å². The summed E-state index contributed by atoms with van der Waals surface area (Å²) in [5, 5.41) is 29.2. The number of methoxy groups -OCH3 is 1. The van der Waals surface area contributed by atoms with Crippen LogP contribution in [0.4, 0.5) is 5.69 Å². The van der Waals surface area contributed by atoms with E-state index in [-0.39, 0.29) is 6.61 Å². The molecule has 1 heterocycles. The van der Waals surface area contributed by atoms with E-state index in [0.717, 1.165) is 0 Å². The molecule has 0 radical (unpaired) electrons. The summed E-state index contributed by atoms with van der Waals surface area (Å²) in [6.07, 6.45) is -5.13. The van der Waals surface area contributed by atoms with Gasteiger partial charge >= 0.3 is 0 Å². The highest BCUT2D eigenvalue weighted by molar-refractivity contribution is 5.41. The van der Waals surface area contributed by atoms with E-state index < -0.39 is 30.7 Å². The van der Waals surface area contributed by atoms with E-state index in [2.05, 4.69) is 0 Å². The Bertz CT molecular complexity index is 425. The highest BCUT2D eigenvalue weighted by atomic mass is 16.7. The van der Waals surface area contributed by atoms with Crippen molar-refractivity contribution in [2.45, 2.75) is 30.7 Å². The van der Waals surface area contributed by atoms with E-state index in [1.165, 1.54) is 7.11 Å². The highest BCUT2D eigenvalue weighted by Crippen LogP contribution is 2.26. The van der Waals surface area contributed by atoms with E-state index >= 15 is 0 Å². The highest BCUT2D eigenvalue weighted by Gasteiger charge is 2.46. The van der Waals surface area contributed by atoms with Gasteiger partial charge in [0.25, 0.3) is 0 Å². The number of hydrogen-bond acceptors (Lipinski definition) is 7. The van der Waals surface area contributed by atoms with Crippen LogP contribution in [0.3, 0.4) is 0 Å². The van der Waals surface area contributed by atoms with Crippen LogP contribution in [0.2, 0.25) is 0 Å². The summed E-state index contributed by atoms with van der Waals surface area (Å²) in [5.41, 5.74) is 6.14. The van der Waals surface area contributed by atoms with Crippen molar-refractivity contribution in [2.24, 2.45) is 0 Å². The molecule has 2 rings (SSSR count). The topological polar surface area (TPSA) is 114 Å². The maximum atomic E-state index is 10.2. The van der Waals surface area contributed by atoms with Gasteiger partial charge in [-0.1, -0.05) is 0 Å². The predicted molar refractivity (Wildman–Crippen MR) is 70.0 cm³/mol. The fraction of sp³-hybridized carbons (Fsp3) is 0.538. The molecule has 0 amide bonds. The summed E-state index contributed by atoms with van der Waals surface area (Å²) < 4.78 is 15.8. The number of ether oxygens (including phenoxy) is 3. The SMILES string of the molecule is CO[C@@H]1[C@H](O)[C@@H](Oc2ccc(N)cc2)[C@H](O)O[C@@H]1CO. The van der Waals surface area contributed by atoms with Crippen molar-refractivity contribution in [3.8, 4) is 5.75 Å². The van der Waals surface area contributed by atoms with Crippen molar-refractivity contribution < 1.29 is 29.5 Å². The molecule has 0 aromatic heterocycles. The van der Waals surface area contributed by atoms with E-state index in [1.54, 1.807) is 24.3 Å². The van der Waals surface area contributed by atoms with Crippen LogP contribution in [-0.4, -0.2) is 59.7 Å². The van der Waals surface area contributed by atoms with Crippen molar-refractivity contribution in [3.63, 3.8) is 0 Å². The number of aliphatic hydroxyl groups is 3. The molecule has 0 saturated carbocycles. The minimum absolute atomic E-state index is 0.374. The van der Waals surface area contributed by atoms with Crippen molar-refractivity contribution in [3.05, 3.63) is 24.3 Å². The average molecular weight is 285 g/mol. The Morgan fingerprint density at radius 1 is 1.20 bits per heavy atom. The molecule has 0 bridgehead atoms. The van der Waals surface area contributed by atoms with Crippen molar-refractivity contribution in [1.82, 2.24) is 0 Å². The van der Waals surface area contributed by atoms with E-state index in [0.29, 0.717) is 11.4 Å². The van der Waals surface area contributed by atoms with Gasteiger partial charge in [0.05, 0.1) is 6.61 Å². The van der Waals surface area contributed by atoms with Gasteiger partial charge in [0.1, 0.15) is 24.1 Å². The summed E-state index contributed by atoms with van der Waals surface area (Å²) >= 11 is 0. The zero-order valence-corrected chi connectivity index (χ0v) is 11.0. The number of hydrogen-bond donors (Lipinski definition) is 4. The third kappa shape index (κ3) is 3.02. The predicted octanol–water partition coefficient (Wildman–Crippen LogP) is -0.898. The summed E-state index contributed by atoms with van der Waals surface area (Å²) in [6.45, 7) is -0.374. The van der Waals surface area contributed by atoms with Crippen molar-refractivity contribution in [2.75, 3.05) is 19.5 Å². The lowest BCUT2D eigenvalue weighted by Crippen LogP contribution is -2.61. The molecule has 0 spiro atoms. The number of aliphatic hydroxyl groups excluding tert-OH is 3. The van der Waals surface area contributed by atoms with Gasteiger partial charge in [-0.3, -0.25) is 0 Å². The van der Waals surface area contributed by atoms with E-state index in [1.807, 2.05) is 0 Å². The van der Waals surface area contributed by atoms with Crippen LogP contribution in [0.5, 0.6) is 5.75 Å². The van der Waals surface area contributed by atoms with Gasteiger partial charge in [0.15, 0.2) is 12.4 Å². The van der Waals surface area contributed by atoms with Crippen molar-refractivity contribution in [1.29, 1.82) is 0 Å².